The van der Waals surface area contributed by atoms with Crippen LogP contribution in [0.1, 0.15) is 37.0 Å². The van der Waals surface area contributed by atoms with Crippen LogP contribution < -0.4 is 16.4 Å². The molecule has 0 spiro atoms. The Bertz CT molecular complexity index is 506. The van der Waals surface area contributed by atoms with E-state index in [9.17, 15) is 9.59 Å². The largest absolute Gasteiger partial charge is 0.355 e. The zero-order valence-electron chi connectivity index (χ0n) is 13.1. The van der Waals surface area contributed by atoms with E-state index in [1.807, 2.05) is 26.0 Å². The van der Waals surface area contributed by atoms with E-state index in [1.54, 1.807) is 12.1 Å². The van der Waals surface area contributed by atoms with Crippen molar-refractivity contribution in [1.29, 1.82) is 0 Å². The summed E-state index contributed by atoms with van der Waals surface area (Å²) in [5, 5.41) is 5.61. The molecule has 0 aliphatic heterocycles. The molecule has 1 aromatic rings. The van der Waals surface area contributed by atoms with Gasteiger partial charge in [-0.05, 0) is 37.0 Å². The molecular formula is C16H24BrN3O2. The summed E-state index contributed by atoms with van der Waals surface area (Å²) in [5.74, 6) is 0.140. The van der Waals surface area contributed by atoms with Crippen molar-refractivity contribution in [3.05, 3.63) is 34.3 Å². The number of carbonyl (C=O) groups excluding carboxylic acids is 2. The maximum absolute atomic E-state index is 11.9. The number of hydrogen-bond acceptors (Lipinski definition) is 3. The second kappa shape index (κ2) is 9.58. The molecule has 2 amide bonds. The number of benzene rings is 1. The molecule has 0 radical (unpaired) electrons. The lowest BCUT2D eigenvalue weighted by molar-refractivity contribution is -0.122. The first-order valence-corrected chi connectivity index (χ1v) is 8.26. The second-order valence-corrected chi connectivity index (χ2v) is 6.56. The molecule has 0 bridgehead atoms. The van der Waals surface area contributed by atoms with Gasteiger partial charge in [0.2, 0.25) is 5.91 Å². The maximum atomic E-state index is 11.9. The third-order valence-corrected chi connectivity index (χ3v) is 3.58. The minimum atomic E-state index is -0.462. The Morgan fingerprint density at radius 2 is 1.91 bits per heavy atom. The van der Waals surface area contributed by atoms with Gasteiger partial charge in [0.25, 0.3) is 5.91 Å². The van der Waals surface area contributed by atoms with Crippen LogP contribution in [-0.2, 0) is 4.79 Å². The fourth-order valence-electron chi connectivity index (χ4n) is 1.98. The van der Waals surface area contributed by atoms with Crippen LogP contribution in [0.15, 0.2) is 28.7 Å². The molecule has 0 aliphatic carbocycles. The second-order valence-electron chi connectivity index (χ2n) is 5.65. The SMILES string of the molecule is CC(C)C[C@H](N)C(=O)NCCCNC(=O)c1cccc(Br)c1. The summed E-state index contributed by atoms with van der Waals surface area (Å²) in [6.07, 6.45) is 1.34. The zero-order chi connectivity index (χ0) is 16.5. The first-order chi connectivity index (χ1) is 10.4. The van der Waals surface area contributed by atoms with Crippen molar-refractivity contribution in [3.8, 4) is 0 Å². The van der Waals surface area contributed by atoms with Gasteiger partial charge in [-0.3, -0.25) is 9.59 Å². The Hall–Kier alpha value is -1.40. The van der Waals surface area contributed by atoms with Crippen molar-refractivity contribution in [2.45, 2.75) is 32.7 Å². The highest BCUT2D eigenvalue weighted by atomic mass is 79.9. The maximum Gasteiger partial charge on any atom is 0.251 e. The van der Waals surface area contributed by atoms with Crippen molar-refractivity contribution in [2.24, 2.45) is 11.7 Å². The average Bonchev–Trinajstić information content (AvgIpc) is 2.45. The van der Waals surface area contributed by atoms with Crippen LogP contribution >= 0.6 is 15.9 Å². The van der Waals surface area contributed by atoms with E-state index < -0.39 is 6.04 Å². The fourth-order valence-corrected chi connectivity index (χ4v) is 2.38. The van der Waals surface area contributed by atoms with Gasteiger partial charge >= 0.3 is 0 Å². The molecule has 1 rings (SSSR count). The highest BCUT2D eigenvalue weighted by Crippen LogP contribution is 2.11. The van der Waals surface area contributed by atoms with Gasteiger partial charge in [0, 0.05) is 23.1 Å². The molecule has 0 unspecified atom stereocenters. The van der Waals surface area contributed by atoms with Gasteiger partial charge in [0.05, 0.1) is 6.04 Å². The van der Waals surface area contributed by atoms with Gasteiger partial charge < -0.3 is 16.4 Å². The fraction of sp³-hybridized carbons (Fsp3) is 0.500. The molecule has 122 valence electrons. The third-order valence-electron chi connectivity index (χ3n) is 3.09. The molecule has 0 fully saturated rings. The number of hydrogen-bond donors (Lipinski definition) is 3. The van der Waals surface area contributed by atoms with Crippen molar-refractivity contribution in [2.75, 3.05) is 13.1 Å². The molecule has 0 heterocycles. The van der Waals surface area contributed by atoms with Crippen molar-refractivity contribution >= 4 is 27.7 Å². The first-order valence-electron chi connectivity index (χ1n) is 7.47. The summed E-state index contributed by atoms with van der Waals surface area (Å²) < 4.78 is 0.867. The Labute approximate surface area is 140 Å². The molecule has 0 aromatic heterocycles. The van der Waals surface area contributed by atoms with Crippen molar-refractivity contribution in [1.82, 2.24) is 10.6 Å². The minimum Gasteiger partial charge on any atom is -0.355 e. The van der Waals surface area contributed by atoms with Crippen LogP contribution in [0.4, 0.5) is 0 Å². The predicted octanol–water partition coefficient (Wildman–Crippen LogP) is 2.06. The molecule has 5 nitrogen and oxygen atoms in total. The molecule has 0 aliphatic rings. The monoisotopic (exact) mass is 369 g/mol. The standard InChI is InChI=1S/C16H24BrN3O2/c1-11(2)9-14(18)16(22)20-8-4-7-19-15(21)12-5-3-6-13(17)10-12/h3,5-6,10-11,14H,4,7-9,18H2,1-2H3,(H,19,21)(H,20,22)/t14-/m0/s1. The molecular weight excluding hydrogens is 346 g/mol. The number of halogens is 1. The smallest absolute Gasteiger partial charge is 0.251 e. The highest BCUT2D eigenvalue weighted by Gasteiger charge is 2.14. The van der Waals surface area contributed by atoms with Gasteiger partial charge in [0.1, 0.15) is 0 Å². The summed E-state index contributed by atoms with van der Waals surface area (Å²) in [7, 11) is 0. The van der Waals surface area contributed by atoms with Crippen LogP contribution in [0.5, 0.6) is 0 Å². The van der Waals surface area contributed by atoms with Crippen LogP contribution in [0, 0.1) is 5.92 Å². The van der Waals surface area contributed by atoms with Gasteiger partial charge in [-0.2, -0.15) is 0 Å². The lowest BCUT2D eigenvalue weighted by Gasteiger charge is -2.14. The van der Waals surface area contributed by atoms with E-state index in [0.717, 1.165) is 4.47 Å². The van der Waals surface area contributed by atoms with E-state index in [2.05, 4.69) is 26.6 Å². The van der Waals surface area contributed by atoms with E-state index in [-0.39, 0.29) is 11.8 Å². The number of nitrogens with two attached hydrogens (primary N) is 1. The molecule has 22 heavy (non-hydrogen) atoms. The number of carbonyl (C=O) groups is 2. The molecule has 1 atom stereocenters. The Balaban J connectivity index is 2.20. The summed E-state index contributed by atoms with van der Waals surface area (Å²) >= 11 is 3.33. The lowest BCUT2D eigenvalue weighted by Crippen LogP contribution is -2.42. The van der Waals surface area contributed by atoms with Crippen LogP contribution in [-0.4, -0.2) is 30.9 Å². The van der Waals surface area contributed by atoms with Gasteiger partial charge in [-0.25, -0.2) is 0 Å². The van der Waals surface area contributed by atoms with Crippen LogP contribution in [0.3, 0.4) is 0 Å². The van der Waals surface area contributed by atoms with Gasteiger partial charge in [0.15, 0.2) is 0 Å². The Morgan fingerprint density at radius 1 is 1.23 bits per heavy atom. The molecule has 0 saturated heterocycles. The van der Waals surface area contributed by atoms with E-state index in [4.69, 9.17) is 5.73 Å². The summed E-state index contributed by atoms with van der Waals surface area (Å²) in [6, 6.07) is 6.74. The van der Waals surface area contributed by atoms with Gasteiger partial charge in [-0.1, -0.05) is 35.8 Å². The predicted molar refractivity (Wildman–Crippen MR) is 91.5 cm³/mol. The molecule has 6 heteroatoms. The zero-order valence-corrected chi connectivity index (χ0v) is 14.7. The van der Waals surface area contributed by atoms with E-state index >= 15 is 0 Å². The van der Waals surface area contributed by atoms with Gasteiger partial charge in [-0.15, -0.1) is 0 Å². The summed E-state index contributed by atoms with van der Waals surface area (Å²) in [5.41, 5.74) is 6.39. The Kier molecular flexibility index (Phi) is 8.12. The van der Waals surface area contributed by atoms with Crippen molar-refractivity contribution < 1.29 is 9.59 Å². The minimum absolute atomic E-state index is 0.121. The average molecular weight is 370 g/mol. The normalized spacial score (nSPS) is 12.0. The van der Waals surface area contributed by atoms with Crippen molar-refractivity contribution in [3.63, 3.8) is 0 Å². The summed E-state index contributed by atoms with van der Waals surface area (Å²) in [4.78, 5) is 23.6. The Morgan fingerprint density at radius 3 is 2.55 bits per heavy atom. The molecule has 0 saturated carbocycles. The third kappa shape index (κ3) is 7.04. The van der Waals surface area contributed by atoms with Crippen LogP contribution in [0.2, 0.25) is 0 Å². The highest BCUT2D eigenvalue weighted by molar-refractivity contribution is 9.10. The van der Waals surface area contributed by atoms with E-state index in [1.165, 1.54) is 0 Å². The number of amides is 2. The molecule has 4 N–H and O–H groups in total. The number of nitrogens with one attached hydrogen (secondary N) is 2. The van der Waals surface area contributed by atoms with Crippen LogP contribution in [0.25, 0.3) is 0 Å². The lowest BCUT2D eigenvalue weighted by atomic mass is 10.0. The molecule has 1 aromatic carbocycles. The topological polar surface area (TPSA) is 84.2 Å². The first kappa shape index (κ1) is 18.6. The van der Waals surface area contributed by atoms with E-state index in [0.29, 0.717) is 37.4 Å². The number of rotatable bonds is 8. The quantitative estimate of drug-likeness (QED) is 0.613. The summed E-state index contributed by atoms with van der Waals surface area (Å²) in [6.45, 7) is 5.07.